The van der Waals surface area contributed by atoms with Crippen LogP contribution in [0.5, 0.6) is 17.2 Å². The summed E-state index contributed by atoms with van der Waals surface area (Å²) in [6, 6.07) is 23.1. The van der Waals surface area contributed by atoms with Crippen LogP contribution in [0.15, 0.2) is 78.6 Å². The SMILES string of the molecule is O=C1/C(=C/c2cccc(OCc3ccccc3)c2)Oc2cc(OCCN3CCCCC3)ccc21. The standard InChI is InChI=1S/C29H29NO4/c31-29-26-13-12-25(32-17-16-30-14-5-2-6-15-30)20-27(26)34-28(29)19-23-10-7-11-24(18-23)33-21-22-8-3-1-4-9-22/h1,3-4,7-13,18-20H,2,5-6,14-17,21H2/b28-19-. The fraction of sp³-hybridized carbons (Fsp3) is 0.276. The fourth-order valence-corrected chi connectivity index (χ4v) is 4.32. The number of benzene rings is 3. The van der Waals surface area contributed by atoms with E-state index in [9.17, 15) is 4.79 Å². The maximum absolute atomic E-state index is 12.9. The van der Waals surface area contributed by atoms with Crippen LogP contribution in [-0.2, 0) is 6.61 Å². The summed E-state index contributed by atoms with van der Waals surface area (Å²) in [7, 11) is 0. The number of Topliss-reactive ketones (excluding diaryl/α,β-unsaturated/α-hetero) is 1. The summed E-state index contributed by atoms with van der Waals surface area (Å²) < 4.78 is 17.8. The van der Waals surface area contributed by atoms with Gasteiger partial charge >= 0.3 is 0 Å². The molecule has 5 heteroatoms. The number of ether oxygens (including phenoxy) is 3. The molecule has 1 saturated heterocycles. The van der Waals surface area contributed by atoms with Crippen molar-refractivity contribution >= 4 is 11.9 Å². The summed E-state index contributed by atoms with van der Waals surface area (Å²) in [5.74, 6) is 2.20. The second-order valence-electron chi connectivity index (χ2n) is 8.70. The third-order valence-electron chi connectivity index (χ3n) is 6.17. The van der Waals surface area contributed by atoms with E-state index in [-0.39, 0.29) is 5.78 Å². The van der Waals surface area contributed by atoms with Gasteiger partial charge in [-0.05, 0) is 67.4 Å². The minimum absolute atomic E-state index is 0.120. The zero-order chi connectivity index (χ0) is 23.2. The maximum Gasteiger partial charge on any atom is 0.231 e. The molecule has 0 aromatic heterocycles. The molecule has 3 aromatic carbocycles. The lowest BCUT2D eigenvalue weighted by molar-refractivity contribution is 0.101. The van der Waals surface area contributed by atoms with E-state index >= 15 is 0 Å². The Bertz CT molecular complexity index is 1170. The van der Waals surface area contributed by atoms with Gasteiger partial charge in [0.15, 0.2) is 5.76 Å². The number of hydrogen-bond acceptors (Lipinski definition) is 5. The summed E-state index contributed by atoms with van der Waals surface area (Å²) in [6.07, 6.45) is 5.63. The molecule has 1 fully saturated rings. The van der Waals surface area contributed by atoms with Gasteiger partial charge in [0.2, 0.25) is 5.78 Å². The Hall–Kier alpha value is -3.57. The Labute approximate surface area is 200 Å². The van der Waals surface area contributed by atoms with Crippen LogP contribution in [0.1, 0.15) is 40.7 Å². The molecule has 5 nitrogen and oxygen atoms in total. The molecule has 174 valence electrons. The monoisotopic (exact) mass is 455 g/mol. The predicted molar refractivity (Wildman–Crippen MR) is 132 cm³/mol. The van der Waals surface area contributed by atoms with Crippen molar-refractivity contribution in [3.63, 3.8) is 0 Å². The van der Waals surface area contributed by atoms with E-state index in [1.54, 1.807) is 12.1 Å². The highest BCUT2D eigenvalue weighted by Gasteiger charge is 2.27. The Kier molecular flexibility index (Phi) is 6.91. The van der Waals surface area contributed by atoms with Gasteiger partial charge in [0.25, 0.3) is 0 Å². The normalized spacial score (nSPS) is 16.8. The Morgan fingerprint density at radius 3 is 2.53 bits per heavy atom. The number of rotatable bonds is 8. The lowest BCUT2D eigenvalue weighted by Crippen LogP contribution is -2.33. The van der Waals surface area contributed by atoms with Gasteiger partial charge in [-0.1, -0.05) is 48.9 Å². The molecule has 0 aliphatic carbocycles. The number of hydrogen-bond donors (Lipinski definition) is 0. The quantitative estimate of drug-likeness (QED) is 0.405. The average molecular weight is 456 g/mol. The molecular weight excluding hydrogens is 426 g/mol. The third kappa shape index (κ3) is 5.49. The Balaban J connectivity index is 1.21. The van der Waals surface area contributed by atoms with Crippen LogP contribution in [0.25, 0.3) is 6.08 Å². The Morgan fingerprint density at radius 1 is 0.853 bits per heavy atom. The van der Waals surface area contributed by atoms with E-state index in [0.717, 1.165) is 42.3 Å². The van der Waals surface area contributed by atoms with Gasteiger partial charge in [-0.2, -0.15) is 0 Å². The van der Waals surface area contributed by atoms with Crippen LogP contribution in [0.2, 0.25) is 0 Å². The fourth-order valence-electron chi connectivity index (χ4n) is 4.32. The number of carbonyl (C=O) groups is 1. The molecular formula is C29H29NO4. The van der Waals surface area contributed by atoms with Crippen LogP contribution in [0.3, 0.4) is 0 Å². The second kappa shape index (κ2) is 10.6. The van der Waals surface area contributed by atoms with Gasteiger partial charge in [0, 0.05) is 12.6 Å². The summed E-state index contributed by atoms with van der Waals surface area (Å²) >= 11 is 0. The van der Waals surface area contributed by atoms with Crippen LogP contribution < -0.4 is 14.2 Å². The highest BCUT2D eigenvalue weighted by atomic mass is 16.5. The van der Waals surface area contributed by atoms with Gasteiger partial charge in [-0.3, -0.25) is 9.69 Å². The number of carbonyl (C=O) groups excluding carboxylic acids is 1. The summed E-state index contributed by atoms with van der Waals surface area (Å²) in [4.78, 5) is 15.3. The summed E-state index contributed by atoms with van der Waals surface area (Å²) in [6.45, 7) is 4.34. The molecule has 5 rings (SSSR count). The van der Waals surface area contributed by atoms with Crippen molar-refractivity contribution in [2.45, 2.75) is 25.9 Å². The minimum Gasteiger partial charge on any atom is -0.492 e. The number of nitrogens with zero attached hydrogens (tertiary/aromatic N) is 1. The largest absolute Gasteiger partial charge is 0.492 e. The van der Waals surface area contributed by atoms with Gasteiger partial charge in [-0.15, -0.1) is 0 Å². The van der Waals surface area contributed by atoms with Gasteiger partial charge in [0.1, 0.15) is 30.5 Å². The average Bonchev–Trinajstić information content (AvgIpc) is 3.18. The number of likely N-dealkylation sites (tertiary alicyclic amines) is 1. The first-order valence-electron chi connectivity index (χ1n) is 11.9. The van der Waals surface area contributed by atoms with E-state index in [1.165, 1.54) is 19.3 Å². The van der Waals surface area contributed by atoms with Crippen molar-refractivity contribution < 1.29 is 19.0 Å². The molecule has 3 aromatic rings. The van der Waals surface area contributed by atoms with E-state index < -0.39 is 0 Å². The smallest absolute Gasteiger partial charge is 0.231 e. The molecule has 0 radical (unpaired) electrons. The molecule has 0 atom stereocenters. The number of allylic oxidation sites excluding steroid dienone is 1. The highest BCUT2D eigenvalue weighted by molar-refractivity contribution is 6.14. The van der Waals surface area contributed by atoms with Gasteiger partial charge in [-0.25, -0.2) is 0 Å². The maximum atomic E-state index is 12.9. The molecule has 0 bridgehead atoms. The minimum atomic E-state index is -0.120. The number of piperidine rings is 1. The van der Waals surface area contributed by atoms with Crippen LogP contribution in [0.4, 0.5) is 0 Å². The topological polar surface area (TPSA) is 48.0 Å². The van der Waals surface area contributed by atoms with Crippen molar-refractivity contribution in [1.82, 2.24) is 4.90 Å². The van der Waals surface area contributed by atoms with Crippen molar-refractivity contribution in [2.24, 2.45) is 0 Å². The van der Waals surface area contributed by atoms with Gasteiger partial charge < -0.3 is 14.2 Å². The van der Waals surface area contributed by atoms with E-state index in [2.05, 4.69) is 4.90 Å². The summed E-state index contributed by atoms with van der Waals surface area (Å²) in [5.41, 5.74) is 2.51. The molecule has 2 aliphatic heterocycles. The molecule has 0 spiro atoms. The Morgan fingerprint density at radius 2 is 1.68 bits per heavy atom. The van der Waals surface area contributed by atoms with E-state index in [1.807, 2.05) is 66.7 Å². The molecule has 0 amide bonds. The second-order valence-corrected chi connectivity index (χ2v) is 8.70. The number of ketones is 1. The van der Waals surface area contributed by atoms with Gasteiger partial charge in [0.05, 0.1) is 5.56 Å². The molecule has 0 N–H and O–H groups in total. The zero-order valence-electron chi connectivity index (χ0n) is 19.2. The third-order valence-corrected chi connectivity index (χ3v) is 6.17. The summed E-state index contributed by atoms with van der Waals surface area (Å²) in [5, 5.41) is 0. The first kappa shape index (κ1) is 22.2. The molecule has 2 heterocycles. The van der Waals surface area contributed by atoms with Crippen molar-refractivity contribution in [2.75, 3.05) is 26.2 Å². The van der Waals surface area contributed by atoms with Crippen molar-refractivity contribution in [3.05, 3.63) is 95.2 Å². The number of fused-ring (bicyclic) bond motifs is 1. The zero-order valence-corrected chi connectivity index (χ0v) is 19.2. The first-order valence-corrected chi connectivity index (χ1v) is 11.9. The molecule has 0 unspecified atom stereocenters. The highest BCUT2D eigenvalue weighted by Crippen LogP contribution is 2.35. The first-order chi connectivity index (χ1) is 16.7. The lowest BCUT2D eigenvalue weighted by atomic mass is 10.1. The van der Waals surface area contributed by atoms with Crippen LogP contribution in [-0.4, -0.2) is 36.9 Å². The lowest BCUT2D eigenvalue weighted by Gasteiger charge is -2.26. The molecule has 0 saturated carbocycles. The van der Waals surface area contributed by atoms with Crippen molar-refractivity contribution in [3.8, 4) is 17.2 Å². The van der Waals surface area contributed by atoms with E-state index in [0.29, 0.717) is 30.3 Å². The van der Waals surface area contributed by atoms with Crippen LogP contribution >= 0.6 is 0 Å². The van der Waals surface area contributed by atoms with Crippen LogP contribution in [0, 0.1) is 0 Å². The molecule has 2 aliphatic rings. The predicted octanol–water partition coefficient (Wildman–Crippen LogP) is 5.75. The van der Waals surface area contributed by atoms with E-state index in [4.69, 9.17) is 14.2 Å². The van der Waals surface area contributed by atoms with Crippen molar-refractivity contribution in [1.29, 1.82) is 0 Å². The molecule has 34 heavy (non-hydrogen) atoms.